The van der Waals surface area contributed by atoms with Crippen molar-refractivity contribution in [3.05, 3.63) is 0 Å². The van der Waals surface area contributed by atoms with Gasteiger partial charge in [0.05, 0.1) is 11.5 Å². The van der Waals surface area contributed by atoms with Crippen LogP contribution in [0.1, 0.15) is 66.7 Å². The number of carbonyl (C=O) groups is 1. The van der Waals surface area contributed by atoms with Gasteiger partial charge >= 0.3 is 5.97 Å². The van der Waals surface area contributed by atoms with Crippen molar-refractivity contribution >= 4 is 5.97 Å². The van der Waals surface area contributed by atoms with Gasteiger partial charge in [0.25, 0.3) is 0 Å². The second-order valence-electron chi connectivity index (χ2n) is 7.74. The molecule has 3 nitrogen and oxygen atoms in total. The zero-order chi connectivity index (χ0) is 14.8. The summed E-state index contributed by atoms with van der Waals surface area (Å²) < 4.78 is 0. The Morgan fingerprint density at radius 1 is 1.26 bits per heavy atom. The molecule has 1 unspecified atom stereocenters. The van der Waals surface area contributed by atoms with Crippen LogP contribution < -0.4 is 0 Å². The van der Waals surface area contributed by atoms with Gasteiger partial charge in [-0.05, 0) is 49.4 Å². The molecule has 0 bridgehead atoms. The topological polar surface area (TPSA) is 57.5 Å². The number of aliphatic hydroxyl groups excluding tert-OH is 1. The van der Waals surface area contributed by atoms with Crippen molar-refractivity contribution in [3.63, 3.8) is 0 Å². The summed E-state index contributed by atoms with van der Waals surface area (Å²) in [4.78, 5) is 11.7. The van der Waals surface area contributed by atoms with Gasteiger partial charge in [-0.15, -0.1) is 0 Å². The smallest absolute Gasteiger partial charge is 0.309 e. The number of aliphatic hydroxyl groups is 1. The molecule has 19 heavy (non-hydrogen) atoms. The molecule has 1 fully saturated rings. The number of aliphatic carboxylic acids is 1. The van der Waals surface area contributed by atoms with Crippen molar-refractivity contribution in [3.8, 4) is 0 Å². The summed E-state index contributed by atoms with van der Waals surface area (Å²) in [6.07, 6.45) is 3.21. The number of carboxylic acid groups (broad SMARTS) is 1. The molecule has 0 aromatic heterocycles. The first kappa shape index (κ1) is 16.5. The van der Waals surface area contributed by atoms with Crippen LogP contribution in [0, 0.1) is 22.7 Å². The number of carboxylic acids is 1. The summed E-state index contributed by atoms with van der Waals surface area (Å²) in [5.74, 6) is -0.00714. The summed E-state index contributed by atoms with van der Waals surface area (Å²) in [6.45, 7) is 10.6. The van der Waals surface area contributed by atoms with Gasteiger partial charge < -0.3 is 10.2 Å². The van der Waals surface area contributed by atoms with E-state index in [0.717, 1.165) is 12.8 Å². The first-order chi connectivity index (χ1) is 8.58. The lowest BCUT2D eigenvalue weighted by atomic mass is 9.62. The van der Waals surface area contributed by atoms with E-state index in [4.69, 9.17) is 0 Å². The van der Waals surface area contributed by atoms with Crippen LogP contribution >= 0.6 is 0 Å². The normalized spacial score (nSPS) is 30.4. The Labute approximate surface area is 117 Å². The summed E-state index contributed by atoms with van der Waals surface area (Å²) in [6, 6.07) is 0. The van der Waals surface area contributed by atoms with Crippen LogP contribution in [0.25, 0.3) is 0 Å². The Balaban J connectivity index is 2.75. The van der Waals surface area contributed by atoms with Gasteiger partial charge in [-0.1, -0.05) is 34.6 Å². The second-order valence-corrected chi connectivity index (χ2v) is 7.74. The Hall–Kier alpha value is -0.570. The molecule has 0 aromatic carbocycles. The van der Waals surface area contributed by atoms with Gasteiger partial charge in [0.1, 0.15) is 0 Å². The Morgan fingerprint density at radius 3 is 2.05 bits per heavy atom. The maximum absolute atomic E-state index is 11.7. The third-order valence-electron chi connectivity index (χ3n) is 4.99. The van der Waals surface area contributed by atoms with Crippen LogP contribution in [0.3, 0.4) is 0 Å². The van der Waals surface area contributed by atoms with Crippen LogP contribution in [0.4, 0.5) is 0 Å². The third-order valence-corrected chi connectivity index (χ3v) is 4.99. The Kier molecular flexibility index (Phi) is 5.05. The maximum Gasteiger partial charge on any atom is 0.309 e. The van der Waals surface area contributed by atoms with E-state index >= 15 is 0 Å². The highest BCUT2D eigenvalue weighted by Gasteiger charge is 2.45. The highest BCUT2D eigenvalue weighted by atomic mass is 16.4. The van der Waals surface area contributed by atoms with Crippen LogP contribution in [-0.4, -0.2) is 22.3 Å². The predicted octanol–water partition coefficient (Wildman–Crippen LogP) is 3.70. The average molecular weight is 270 g/mol. The molecule has 2 N–H and O–H groups in total. The SMILES string of the molecule is CC(C)C(O)CC1(C(=O)O)CCC(C(C)(C)C)CC1. The lowest BCUT2D eigenvalue weighted by Crippen LogP contribution is -2.41. The summed E-state index contributed by atoms with van der Waals surface area (Å²) in [7, 11) is 0. The number of hydrogen-bond donors (Lipinski definition) is 2. The molecule has 0 amide bonds. The van der Waals surface area contributed by atoms with E-state index in [1.807, 2.05) is 13.8 Å². The summed E-state index contributed by atoms with van der Waals surface area (Å²) >= 11 is 0. The molecule has 0 radical (unpaired) electrons. The fourth-order valence-corrected chi connectivity index (χ4v) is 3.18. The fraction of sp³-hybridized carbons (Fsp3) is 0.938. The lowest BCUT2D eigenvalue weighted by Gasteiger charge is -2.42. The van der Waals surface area contributed by atoms with Gasteiger partial charge in [-0.2, -0.15) is 0 Å². The van der Waals surface area contributed by atoms with Gasteiger partial charge in [-0.3, -0.25) is 4.79 Å². The molecule has 1 atom stereocenters. The molecule has 1 aliphatic carbocycles. The van der Waals surface area contributed by atoms with Gasteiger partial charge in [0.15, 0.2) is 0 Å². The first-order valence-corrected chi connectivity index (χ1v) is 7.50. The highest BCUT2D eigenvalue weighted by molar-refractivity contribution is 5.74. The van der Waals surface area contributed by atoms with E-state index < -0.39 is 17.5 Å². The summed E-state index contributed by atoms with van der Waals surface area (Å²) in [5, 5.41) is 19.7. The molecular weight excluding hydrogens is 240 g/mol. The second kappa shape index (κ2) is 5.82. The van der Waals surface area contributed by atoms with Gasteiger partial charge in [0, 0.05) is 0 Å². The highest BCUT2D eigenvalue weighted by Crippen LogP contribution is 2.48. The molecule has 0 aromatic rings. The maximum atomic E-state index is 11.7. The largest absolute Gasteiger partial charge is 0.481 e. The van der Waals surface area contributed by atoms with E-state index in [-0.39, 0.29) is 11.3 Å². The van der Waals surface area contributed by atoms with Crippen molar-refractivity contribution in [1.82, 2.24) is 0 Å². The van der Waals surface area contributed by atoms with E-state index in [9.17, 15) is 15.0 Å². The molecule has 0 aliphatic heterocycles. The third kappa shape index (κ3) is 3.95. The molecule has 1 saturated carbocycles. The average Bonchev–Trinajstić information content (AvgIpc) is 2.27. The zero-order valence-electron chi connectivity index (χ0n) is 13.1. The number of hydrogen-bond acceptors (Lipinski definition) is 2. The van der Waals surface area contributed by atoms with Crippen molar-refractivity contribution < 1.29 is 15.0 Å². The molecule has 0 heterocycles. The minimum atomic E-state index is -0.723. The Morgan fingerprint density at radius 2 is 1.74 bits per heavy atom. The first-order valence-electron chi connectivity index (χ1n) is 7.50. The fourth-order valence-electron chi connectivity index (χ4n) is 3.18. The van der Waals surface area contributed by atoms with Crippen molar-refractivity contribution in [2.75, 3.05) is 0 Å². The van der Waals surface area contributed by atoms with E-state index in [1.54, 1.807) is 0 Å². The molecular formula is C16H30O3. The summed E-state index contributed by atoms with van der Waals surface area (Å²) in [5.41, 5.74) is -0.452. The zero-order valence-corrected chi connectivity index (χ0v) is 13.1. The quantitative estimate of drug-likeness (QED) is 0.819. The van der Waals surface area contributed by atoms with Crippen molar-refractivity contribution in [1.29, 1.82) is 0 Å². The minimum Gasteiger partial charge on any atom is -0.481 e. The van der Waals surface area contributed by atoms with Crippen LogP contribution in [0.5, 0.6) is 0 Å². The van der Waals surface area contributed by atoms with E-state index in [2.05, 4.69) is 20.8 Å². The van der Waals surface area contributed by atoms with Gasteiger partial charge in [0.2, 0.25) is 0 Å². The standard InChI is InChI=1S/C16H30O3/c1-11(2)13(17)10-16(14(18)19)8-6-12(7-9-16)15(3,4)5/h11-13,17H,6-10H2,1-5H3,(H,18,19). The lowest BCUT2D eigenvalue weighted by molar-refractivity contribution is -0.155. The van der Waals surface area contributed by atoms with Crippen molar-refractivity contribution in [2.24, 2.45) is 22.7 Å². The molecule has 1 rings (SSSR count). The molecule has 112 valence electrons. The van der Waals surface area contributed by atoms with E-state index in [1.165, 1.54) is 0 Å². The molecule has 1 aliphatic rings. The van der Waals surface area contributed by atoms with Gasteiger partial charge in [-0.25, -0.2) is 0 Å². The Bertz CT molecular complexity index is 306. The molecule has 0 saturated heterocycles. The molecule has 0 spiro atoms. The van der Waals surface area contributed by atoms with Crippen LogP contribution in [-0.2, 0) is 4.79 Å². The van der Waals surface area contributed by atoms with E-state index in [0.29, 0.717) is 25.2 Å². The van der Waals surface area contributed by atoms with Crippen LogP contribution in [0.2, 0.25) is 0 Å². The van der Waals surface area contributed by atoms with Crippen molar-refractivity contribution in [2.45, 2.75) is 72.8 Å². The van der Waals surface area contributed by atoms with Crippen LogP contribution in [0.15, 0.2) is 0 Å². The number of rotatable bonds is 4. The molecule has 3 heteroatoms. The monoisotopic (exact) mass is 270 g/mol. The predicted molar refractivity (Wildman–Crippen MR) is 76.9 cm³/mol. The minimum absolute atomic E-state index is 0.122.